The lowest BCUT2D eigenvalue weighted by Gasteiger charge is -2.06. The molecule has 0 saturated heterocycles. The lowest BCUT2D eigenvalue weighted by atomic mass is 10.2. The first-order chi connectivity index (χ1) is 11.4. The number of hydrogen-bond acceptors (Lipinski definition) is 4. The lowest BCUT2D eigenvalue weighted by molar-refractivity contribution is 0.306. The fraction of sp³-hybridized carbons (Fsp3) is 0.0526. The number of nitrogens with one attached hydrogen (secondary N) is 1. The van der Waals surface area contributed by atoms with Crippen LogP contribution in [0.4, 0.5) is 5.69 Å². The number of benzene rings is 2. The number of ether oxygens (including phenoxy) is 1. The zero-order valence-corrected chi connectivity index (χ0v) is 12.6. The Hall–Kier alpha value is -3.14. The van der Waals surface area contributed by atoms with Crippen LogP contribution in [0.2, 0.25) is 0 Å². The van der Waals surface area contributed by atoms with Gasteiger partial charge in [-0.25, -0.2) is 0 Å². The number of nitrogens with zero attached hydrogens (tertiary/aromatic N) is 2. The molecule has 0 spiro atoms. The van der Waals surface area contributed by atoms with Gasteiger partial charge in [0.15, 0.2) is 0 Å². The summed E-state index contributed by atoms with van der Waals surface area (Å²) in [4.78, 5) is 3.95. The SMILES string of the molecule is C(=N\Nc1ccncc1)/c1ccc(OCc2ccccc2)cc1. The van der Waals surface area contributed by atoms with Gasteiger partial charge in [-0.2, -0.15) is 5.10 Å². The molecule has 0 aliphatic heterocycles. The van der Waals surface area contributed by atoms with Crippen molar-refractivity contribution in [2.45, 2.75) is 6.61 Å². The van der Waals surface area contributed by atoms with Gasteiger partial charge >= 0.3 is 0 Å². The second-order valence-corrected chi connectivity index (χ2v) is 4.95. The van der Waals surface area contributed by atoms with Crippen LogP contribution in [0.3, 0.4) is 0 Å². The van der Waals surface area contributed by atoms with Crippen LogP contribution in [0, 0.1) is 0 Å². The number of pyridine rings is 1. The molecule has 0 radical (unpaired) electrons. The van der Waals surface area contributed by atoms with Crippen LogP contribution in [0.5, 0.6) is 5.75 Å². The monoisotopic (exact) mass is 303 g/mol. The zero-order chi connectivity index (χ0) is 15.7. The quantitative estimate of drug-likeness (QED) is 0.550. The van der Waals surface area contributed by atoms with Gasteiger partial charge in [0.2, 0.25) is 0 Å². The van der Waals surface area contributed by atoms with Crippen molar-refractivity contribution in [3.8, 4) is 5.75 Å². The van der Waals surface area contributed by atoms with E-state index in [0.717, 1.165) is 22.6 Å². The average molecular weight is 303 g/mol. The standard InChI is InChI=1S/C19H17N3O/c1-2-4-17(5-3-1)15-23-19-8-6-16(7-9-19)14-21-22-18-10-12-20-13-11-18/h1-14H,15H2,(H,20,22)/b21-14+. The van der Waals surface area contributed by atoms with Gasteiger partial charge in [0.25, 0.3) is 0 Å². The normalized spacial score (nSPS) is 10.6. The second kappa shape index (κ2) is 7.75. The Morgan fingerprint density at radius 1 is 0.913 bits per heavy atom. The van der Waals surface area contributed by atoms with E-state index in [0.29, 0.717) is 6.61 Å². The van der Waals surface area contributed by atoms with Crippen molar-refractivity contribution in [2.24, 2.45) is 5.10 Å². The third-order valence-electron chi connectivity index (χ3n) is 3.22. The summed E-state index contributed by atoms with van der Waals surface area (Å²) in [6.45, 7) is 0.567. The Morgan fingerprint density at radius 3 is 2.39 bits per heavy atom. The molecule has 0 unspecified atom stereocenters. The first-order valence-corrected chi connectivity index (χ1v) is 7.36. The molecule has 4 heteroatoms. The molecule has 114 valence electrons. The molecule has 0 aliphatic carbocycles. The largest absolute Gasteiger partial charge is 0.489 e. The molecule has 1 aromatic heterocycles. The summed E-state index contributed by atoms with van der Waals surface area (Å²) in [6.07, 6.45) is 5.20. The van der Waals surface area contributed by atoms with E-state index >= 15 is 0 Å². The van der Waals surface area contributed by atoms with Crippen molar-refractivity contribution in [2.75, 3.05) is 5.43 Å². The highest BCUT2D eigenvalue weighted by Gasteiger charge is 1.96. The molecule has 0 saturated carbocycles. The van der Waals surface area contributed by atoms with Crippen molar-refractivity contribution in [3.05, 3.63) is 90.3 Å². The van der Waals surface area contributed by atoms with Crippen LogP contribution in [0.25, 0.3) is 0 Å². The fourth-order valence-corrected chi connectivity index (χ4v) is 2.00. The van der Waals surface area contributed by atoms with Crippen molar-refractivity contribution in [1.29, 1.82) is 0 Å². The molecule has 0 atom stereocenters. The fourth-order valence-electron chi connectivity index (χ4n) is 2.00. The number of anilines is 1. The maximum atomic E-state index is 5.75. The van der Waals surface area contributed by atoms with E-state index in [-0.39, 0.29) is 0 Å². The van der Waals surface area contributed by atoms with E-state index in [1.165, 1.54) is 0 Å². The molecular weight excluding hydrogens is 286 g/mol. The molecule has 2 aromatic carbocycles. The average Bonchev–Trinajstić information content (AvgIpc) is 2.63. The van der Waals surface area contributed by atoms with Gasteiger partial charge in [0, 0.05) is 12.4 Å². The van der Waals surface area contributed by atoms with E-state index in [9.17, 15) is 0 Å². The number of aromatic nitrogens is 1. The van der Waals surface area contributed by atoms with Crippen molar-refractivity contribution >= 4 is 11.9 Å². The molecular formula is C19H17N3O. The highest BCUT2D eigenvalue weighted by atomic mass is 16.5. The maximum Gasteiger partial charge on any atom is 0.119 e. The number of rotatable bonds is 6. The van der Waals surface area contributed by atoms with Crippen LogP contribution in [0.15, 0.2) is 84.2 Å². The molecule has 0 fully saturated rings. The van der Waals surface area contributed by atoms with Crippen molar-refractivity contribution in [3.63, 3.8) is 0 Å². The minimum absolute atomic E-state index is 0.567. The predicted molar refractivity (Wildman–Crippen MR) is 92.7 cm³/mol. The van der Waals surface area contributed by atoms with Crippen molar-refractivity contribution in [1.82, 2.24) is 4.98 Å². The van der Waals surface area contributed by atoms with Gasteiger partial charge < -0.3 is 4.74 Å². The van der Waals surface area contributed by atoms with E-state index in [1.807, 2.05) is 66.7 Å². The summed E-state index contributed by atoms with van der Waals surface area (Å²) in [7, 11) is 0. The van der Waals surface area contributed by atoms with E-state index in [2.05, 4.69) is 15.5 Å². The van der Waals surface area contributed by atoms with Crippen LogP contribution >= 0.6 is 0 Å². The molecule has 0 aliphatic rings. The van der Waals surface area contributed by atoms with E-state index in [4.69, 9.17) is 4.74 Å². The highest BCUT2D eigenvalue weighted by molar-refractivity contribution is 5.80. The van der Waals surface area contributed by atoms with Gasteiger partial charge in [0.1, 0.15) is 12.4 Å². The Labute approximate surface area is 135 Å². The smallest absolute Gasteiger partial charge is 0.119 e. The minimum atomic E-state index is 0.567. The van der Waals surface area contributed by atoms with Crippen molar-refractivity contribution < 1.29 is 4.74 Å². The van der Waals surface area contributed by atoms with Gasteiger partial charge in [-0.05, 0) is 47.5 Å². The van der Waals surface area contributed by atoms with Gasteiger partial charge in [-0.1, -0.05) is 30.3 Å². The summed E-state index contributed by atoms with van der Waals surface area (Å²) in [5.41, 5.74) is 6.01. The lowest BCUT2D eigenvalue weighted by Crippen LogP contribution is -1.95. The number of hydrazone groups is 1. The molecule has 4 nitrogen and oxygen atoms in total. The van der Waals surface area contributed by atoms with Crippen LogP contribution in [-0.4, -0.2) is 11.2 Å². The third-order valence-corrected chi connectivity index (χ3v) is 3.22. The highest BCUT2D eigenvalue weighted by Crippen LogP contribution is 2.13. The number of hydrogen-bond donors (Lipinski definition) is 1. The Bertz CT molecular complexity index is 741. The van der Waals surface area contributed by atoms with Gasteiger partial charge in [-0.15, -0.1) is 0 Å². The summed E-state index contributed by atoms with van der Waals surface area (Å²) in [5.74, 6) is 0.841. The summed E-state index contributed by atoms with van der Waals surface area (Å²) < 4.78 is 5.75. The molecule has 0 bridgehead atoms. The first-order valence-electron chi connectivity index (χ1n) is 7.36. The van der Waals surface area contributed by atoms with Crippen LogP contribution in [0.1, 0.15) is 11.1 Å². The molecule has 3 aromatic rings. The maximum absolute atomic E-state index is 5.75. The summed E-state index contributed by atoms with van der Waals surface area (Å²) in [6, 6.07) is 21.6. The Kier molecular flexibility index (Phi) is 4.98. The molecule has 23 heavy (non-hydrogen) atoms. The van der Waals surface area contributed by atoms with Gasteiger partial charge in [-0.3, -0.25) is 10.4 Å². The van der Waals surface area contributed by atoms with E-state index < -0.39 is 0 Å². The zero-order valence-electron chi connectivity index (χ0n) is 12.6. The van der Waals surface area contributed by atoms with E-state index in [1.54, 1.807) is 18.6 Å². The van der Waals surface area contributed by atoms with Crippen LogP contribution < -0.4 is 10.2 Å². The Balaban J connectivity index is 1.52. The van der Waals surface area contributed by atoms with Crippen LogP contribution in [-0.2, 0) is 6.61 Å². The Morgan fingerprint density at radius 2 is 1.65 bits per heavy atom. The molecule has 0 amide bonds. The first kappa shape index (κ1) is 14.8. The predicted octanol–water partition coefficient (Wildman–Crippen LogP) is 4.11. The third kappa shape index (κ3) is 4.68. The van der Waals surface area contributed by atoms with Gasteiger partial charge in [0.05, 0.1) is 11.9 Å². The molecule has 1 N–H and O–H groups in total. The summed E-state index contributed by atoms with van der Waals surface area (Å²) in [5, 5.41) is 4.19. The summed E-state index contributed by atoms with van der Waals surface area (Å²) >= 11 is 0. The topological polar surface area (TPSA) is 46.5 Å². The molecule has 3 rings (SSSR count). The second-order valence-electron chi connectivity index (χ2n) is 4.95. The minimum Gasteiger partial charge on any atom is -0.489 e. The molecule has 1 heterocycles.